The molecule has 0 fully saturated rings. The summed E-state index contributed by atoms with van der Waals surface area (Å²) in [5, 5.41) is 8.74. The molecule has 0 saturated carbocycles. The van der Waals surface area contributed by atoms with Gasteiger partial charge in [0.1, 0.15) is 0 Å². The van der Waals surface area contributed by atoms with Gasteiger partial charge in [-0.3, -0.25) is 0 Å². The fourth-order valence-electron chi connectivity index (χ4n) is 1.38. The summed E-state index contributed by atoms with van der Waals surface area (Å²) in [6.45, 7) is 6.68. The molecule has 0 spiro atoms. The fraction of sp³-hybridized carbons (Fsp3) is 0.250. The monoisotopic (exact) mass is 264 g/mol. The van der Waals surface area contributed by atoms with Crippen molar-refractivity contribution in [2.45, 2.75) is 6.92 Å². The molecule has 0 bridgehead atoms. The average Bonchev–Trinajstić information content (AvgIpc) is 2.16. The molecule has 0 radical (unpaired) electrons. The lowest BCUT2D eigenvalue weighted by atomic mass is 10.2. The molecule has 2 nitrogen and oxygen atoms in total. The first kappa shape index (κ1) is 11.8. The predicted molar refractivity (Wildman–Crippen MR) is 66.9 cm³/mol. The van der Waals surface area contributed by atoms with Crippen LogP contribution < -0.4 is 4.90 Å². The van der Waals surface area contributed by atoms with Crippen molar-refractivity contribution in [1.29, 1.82) is 5.26 Å². The van der Waals surface area contributed by atoms with Gasteiger partial charge in [0.2, 0.25) is 0 Å². The van der Waals surface area contributed by atoms with Crippen LogP contribution in [0.2, 0.25) is 0 Å². The second-order valence-corrected chi connectivity index (χ2v) is 4.45. The van der Waals surface area contributed by atoms with Crippen molar-refractivity contribution in [2.75, 3.05) is 18.5 Å². The number of hydrogen-bond acceptors (Lipinski definition) is 2. The van der Waals surface area contributed by atoms with Crippen LogP contribution in [0.3, 0.4) is 0 Å². The van der Waals surface area contributed by atoms with Crippen LogP contribution >= 0.6 is 15.9 Å². The van der Waals surface area contributed by atoms with Gasteiger partial charge in [-0.05, 0) is 41.1 Å². The van der Waals surface area contributed by atoms with Crippen LogP contribution in [0.4, 0.5) is 5.69 Å². The van der Waals surface area contributed by atoms with Crippen LogP contribution in [-0.2, 0) is 0 Å². The summed E-state index contributed by atoms with van der Waals surface area (Å²) in [5.41, 5.74) is 2.83. The third-order valence-electron chi connectivity index (χ3n) is 2.00. The molecule has 1 aromatic carbocycles. The zero-order valence-corrected chi connectivity index (χ0v) is 10.5. The van der Waals surface area contributed by atoms with Crippen molar-refractivity contribution in [3.05, 3.63) is 40.4 Å². The van der Waals surface area contributed by atoms with Crippen LogP contribution in [0.25, 0.3) is 0 Å². The highest BCUT2D eigenvalue weighted by molar-refractivity contribution is 9.10. The number of likely N-dealkylation sites (N-methyl/N-ethyl adjacent to an activating group) is 1. The molecule has 0 aliphatic carbocycles. The van der Waals surface area contributed by atoms with Crippen LogP contribution in [0, 0.1) is 11.3 Å². The largest absolute Gasteiger partial charge is 0.370 e. The van der Waals surface area contributed by atoms with Gasteiger partial charge < -0.3 is 4.90 Å². The minimum absolute atomic E-state index is 0.661. The van der Waals surface area contributed by atoms with E-state index in [9.17, 15) is 0 Å². The van der Waals surface area contributed by atoms with Gasteiger partial charge in [0.15, 0.2) is 0 Å². The van der Waals surface area contributed by atoms with Crippen molar-refractivity contribution in [3.8, 4) is 6.07 Å². The van der Waals surface area contributed by atoms with Crippen molar-refractivity contribution < 1.29 is 0 Å². The third kappa shape index (κ3) is 3.10. The third-order valence-corrected chi connectivity index (χ3v) is 2.63. The van der Waals surface area contributed by atoms with E-state index in [0.29, 0.717) is 5.56 Å². The number of halogens is 1. The van der Waals surface area contributed by atoms with Crippen LogP contribution in [0.15, 0.2) is 34.8 Å². The van der Waals surface area contributed by atoms with E-state index in [1.54, 1.807) is 0 Å². The van der Waals surface area contributed by atoms with E-state index in [0.717, 1.165) is 22.3 Å². The molecule has 3 heteroatoms. The molecule has 1 aromatic rings. The zero-order chi connectivity index (χ0) is 11.4. The Morgan fingerprint density at radius 3 is 2.73 bits per heavy atom. The first-order chi connectivity index (χ1) is 7.04. The maximum atomic E-state index is 8.74. The van der Waals surface area contributed by atoms with Gasteiger partial charge in [-0.25, -0.2) is 0 Å². The van der Waals surface area contributed by atoms with Crippen LogP contribution in [0.5, 0.6) is 0 Å². The summed E-state index contributed by atoms with van der Waals surface area (Å²) >= 11 is 3.46. The minimum atomic E-state index is 0.661. The van der Waals surface area contributed by atoms with Gasteiger partial charge >= 0.3 is 0 Å². The number of anilines is 1. The standard InChI is InChI=1S/C12H13BrN2/c1-9(2)8-15(3)12-5-4-10(7-14)6-11(12)13/h4-6H,1,8H2,2-3H3. The van der Waals surface area contributed by atoms with Gasteiger partial charge in [-0.1, -0.05) is 12.2 Å². The Labute approximate surface area is 99.0 Å². The molecule has 0 aliphatic rings. The maximum absolute atomic E-state index is 8.74. The average molecular weight is 265 g/mol. The van der Waals surface area contributed by atoms with Crippen LogP contribution in [-0.4, -0.2) is 13.6 Å². The molecule has 0 amide bonds. The van der Waals surface area contributed by atoms with Gasteiger partial charge in [0.25, 0.3) is 0 Å². The van der Waals surface area contributed by atoms with E-state index in [4.69, 9.17) is 5.26 Å². The molecule has 1 rings (SSSR count). The first-order valence-electron chi connectivity index (χ1n) is 4.59. The molecule has 0 atom stereocenters. The second-order valence-electron chi connectivity index (χ2n) is 3.59. The second kappa shape index (κ2) is 4.99. The Morgan fingerprint density at radius 2 is 2.27 bits per heavy atom. The van der Waals surface area contributed by atoms with Gasteiger partial charge in [-0.2, -0.15) is 5.26 Å². The highest BCUT2D eigenvalue weighted by Gasteiger charge is 2.06. The minimum Gasteiger partial charge on any atom is -0.370 e. The Morgan fingerprint density at radius 1 is 1.60 bits per heavy atom. The van der Waals surface area contributed by atoms with Crippen LogP contribution in [0.1, 0.15) is 12.5 Å². The molecule has 0 unspecified atom stereocenters. The lowest BCUT2D eigenvalue weighted by Crippen LogP contribution is -2.19. The highest BCUT2D eigenvalue weighted by Crippen LogP contribution is 2.26. The summed E-state index contributed by atoms with van der Waals surface area (Å²) in [6, 6.07) is 7.68. The van der Waals surface area contributed by atoms with Crippen molar-refractivity contribution >= 4 is 21.6 Å². The van der Waals surface area contributed by atoms with E-state index in [1.165, 1.54) is 0 Å². The Hall–Kier alpha value is -1.27. The molecule has 0 aliphatic heterocycles. The van der Waals surface area contributed by atoms with E-state index >= 15 is 0 Å². The molecule has 0 aromatic heterocycles. The number of rotatable bonds is 3. The maximum Gasteiger partial charge on any atom is 0.0992 e. The van der Waals surface area contributed by atoms with Crippen molar-refractivity contribution in [2.24, 2.45) is 0 Å². The van der Waals surface area contributed by atoms with Gasteiger partial charge in [0.05, 0.1) is 17.3 Å². The summed E-state index contributed by atoms with van der Waals surface area (Å²) in [5.74, 6) is 0. The first-order valence-corrected chi connectivity index (χ1v) is 5.39. The quantitative estimate of drug-likeness (QED) is 0.784. The van der Waals surface area contributed by atoms with E-state index in [-0.39, 0.29) is 0 Å². The SMILES string of the molecule is C=C(C)CN(C)c1ccc(C#N)cc1Br. The molecule has 15 heavy (non-hydrogen) atoms. The van der Waals surface area contributed by atoms with Gasteiger partial charge in [-0.15, -0.1) is 0 Å². The summed E-state index contributed by atoms with van der Waals surface area (Å²) in [6.07, 6.45) is 0. The summed E-state index contributed by atoms with van der Waals surface area (Å²) in [4.78, 5) is 2.09. The Kier molecular flexibility index (Phi) is 3.93. The normalized spacial score (nSPS) is 9.47. The lowest BCUT2D eigenvalue weighted by Gasteiger charge is -2.20. The Bertz CT molecular complexity index is 418. The van der Waals surface area contributed by atoms with E-state index < -0.39 is 0 Å². The molecule has 78 valence electrons. The number of nitrogens with zero attached hydrogens (tertiary/aromatic N) is 2. The van der Waals surface area contributed by atoms with E-state index in [1.807, 2.05) is 32.2 Å². The highest BCUT2D eigenvalue weighted by atomic mass is 79.9. The van der Waals surface area contributed by atoms with Crippen molar-refractivity contribution in [1.82, 2.24) is 0 Å². The molecule has 0 heterocycles. The van der Waals surface area contributed by atoms with E-state index in [2.05, 4.69) is 33.5 Å². The van der Waals surface area contributed by atoms with Crippen molar-refractivity contribution in [3.63, 3.8) is 0 Å². The topological polar surface area (TPSA) is 27.0 Å². The molecule has 0 N–H and O–H groups in total. The summed E-state index contributed by atoms with van der Waals surface area (Å²) < 4.78 is 0.935. The molecule has 0 saturated heterocycles. The molecular weight excluding hydrogens is 252 g/mol. The summed E-state index contributed by atoms with van der Waals surface area (Å²) in [7, 11) is 2.00. The lowest BCUT2D eigenvalue weighted by molar-refractivity contribution is 0.982. The number of benzene rings is 1. The zero-order valence-electron chi connectivity index (χ0n) is 8.92. The molecular formula is C12H13BrN2. The number of nitriles is 1. The fourth-order valence-corrected chi connectivity index (χ4v) is 2.06. The predicted octanol–water partition coefficient (Wildman–Crippen LogP) is 3.33. The Balaban J connectivity index is 2.96. The number of hydrogen-bond donors (Lipinski definition) is 0. The smallest absolute Gasteiger partial charge is 0.0992 e. The van der Waals surface area contributed by atoms with Gasteiger partial charge in [0, 0.05) is 18.1 Å².